The highest BCUT2D eigenvalue weighted by Crippen LogP contribution is 2.06. The van der Waals surface area contributed by atoms with E-state index >= 15 is 0 Å². The van der Waals surface area contributed by atoms with Crippen LogP contribution >= 0.6 is 0 Å². The maximum absolute atomic E-state index is 11.4. The number of hydrogen-bond acceptors (Lipinski definition) is 7. The smallest absolute Gasteiger partial charge is 0.332 e. The SMILES string of the molecule is CCCCCCC(=O)OCCOCCOCCOCC(=O)OC(C)(C)C. The van der Waals surface area contributed by atoms with Gasteiger partial charge in [0.25, 0.3) is 0 Å². The van der Waals surface area contributed by atoms with Crippen LogP contribution in [0.1, 0.15) is 59.8 Å². The summed E-state index contributed by atoms with van der Waals surface area (Å²) in [7, 11) is 0. The van der Waals surface area contributed by atoms with Gasteiger partial charge in [-0.1, -0.05) is 26.2 Å². The molecule has 7 heteroatoms. The predicted octanol–water partition coefficient (Wildman–Crippen LogP) is 2.89. The summed E-state index contributed by atoms with van der Waals surface area (Å²) in [6.45, 7) is 9.63. The zero-order valence-electron chi connectivity index (χ0n) is 16.8. The quantitative estimate of drug-likeness (QED) is 0.303. The van der Waals surface area contributed by atoms with E-state index < -0.39 is 5.60 Å². The van der Waals surface area contributed by atoms with Crippen molar-refractivity contribution in [3.8, 4) is 0 Å². The molecule has 0 unspecified atom stereocenters. The molecule has 0 atom stereocenters. The van der Waals surface area contributed by atoms with Gasteiger partial charge < -0.3 is 23.7 Å². The zero-order valence-corrected chi connectivity index (χ0v) is 16.8. The Labute approximate surface area is 157 Å². The highest BCUT2D eigenvalue weighted by molar-refractivity contribution is 5.71. The Morgan fingerprint density at radius 1 is 0.731 bits per heavy atom. The molecule has 0 spiro atoms. The summed E-state index contributed by atoms with van der Waals surface area (Å²) in [5, 5.41) is 0. The lowest BCUT2D eigenvalue weighted by atomic mass is 10.2. The first kappa shape index (κ1) is 24.8. The number of unbranched alkanes of at least 4 members (excludes halogenated alkanes) is 3. The maximum Gasteiger partial charge on any atom is 0.332 e. The second-order valence-corrected chi connectivity index (χ2v) is 6.89. The summed E-state index contributed by atoms with van der Waals surface area (Å²) < 4.78 is 26.0. The van der Waals surface area contributed by atoms with Gasteiger partial charge in [-0.3, -0.25) is 4.79 Å². The van der Waals surface area contributed by atoms with Crippen LogP contribution in [0.3, 0.4) is 0 Å². The molecular formula is C19H36O7. The van der Waals surface area contributed by atoms with Gasteiger partial charge in [0.05, 0.1) is 33.0 Å². The van der Waals surface area contributed by atoms with Crippen LogP contribution in [0.15, 0.2) is 0 Å². The van der Waals surface area contributed by atoms with Crippen molar-refractivity contribution in [3.05, 3.63) is 0 Å². The first-order chi connectivity index (χ1) is 12.3. The third-order valence-electron chi connectivity index (χ3n) is 3.11. The third-order valence-corrected chi connectivity index (χ3v) is 3.11. The number of carbonyl (C=O) groups excluding carboxylic acids is 2. The second kappa shape index (κ2) is 16.0. The van der Waals surface area contributed by atoms with Crippen molar-refractivity contribution in [1.29, 1.82) is 0 Å². The van der Waals surface area contributed by atoms with E-state index in [0.29, 0.717) is 39.5 Å². The van der Waals surface area contributed by atoms with Crippen LogP contribution in [0.4, 0.5) is 0 Å². The Morgan fingerprint density at radius 3 is 1.88 bits per heavy atom. The molecule has 0 radical (unpaired) electrons. The van der Waals surface area contributed by atoms with Crippen molar-refractivity contribution < 1.29 is 33.3 Å². The van der Waals surface area contributed by atoms with Crippen molar-refractivity contribution >= 4 is 11.9 Å². The lowest BCUT2D eigenvalue weighted by molar-refractivity contribution is -0.160. The van der Waals surface area contributed by atoms with Crippen LogP contribution in [0.2, 0.25) is 0 Å². The minimum absolute atomic E-state index is 0.0824. The molecule has 0 aliphatic heterocycles. The molecule has 26 heavy (non-hydrogen) atoms. The summed E-state index contributed by atoms with van der Waals surface area (Å²) in [5.41, 5.74) is -0.502. The highest BCUT2D eigenvalue weighted by atomic mass is 16.6. The summed E-state index contributed by atoms with van der Waals surface area (Å²) in [4.78, 5) is 22.8. The van der Waals surface area contributed by atoms with E-state index in [-0.39, 0.29) is 25.2 Å². The van der Waals surface area contributed by atoms with Crippen LogP contribution in [0.25, 0.3) is 0 Å². The van der Waals surface area contributed by atoms with Crippen LogP contribution in [-0.4, -0.2) is 63.8 Å². The summed E-state index contributed by atoms with van der Waals surface area (Å²) in [6.07, 6.45) is 4.74. The molecule has 7 nitrogen and oxygen atoms in total. The Morgan fingerprint density at radius 2 is 1.31 bits per heavy atom. The topological polar surface area (TPSA) is 80.3 Å². The molecule has 0 aromatic heterocycles. The molecule has 0 aliphatic carbocycles. The molecule has 0 amide bonds. The van der Waals surface area contributed by atoms with Gasteiger partial charge in [-0.15, -0.1) is 0 Å². The van der Waals surface area contributed by atoms with Gasteiger partial charge in [0.1, 0.15) is 18.8 Å². The maximum atomic E-state index is 11.4. The van der Waals surface area contributed by atoms with Crippen molar-refractivity contribution in [2.45, 2.75) is 65.4 Å². The van der Waals surface area contributed by atoms with Crippen LogP contribution in [0.5, 0.6) is 0 Å². The number of ether oxygens (including phenoxy) is 5. The van der Waals surface area contributed by atoms with E-state index in [2.05, 4.69) is 6.92 Å². The summed E-state index contributed by atoms with van der Waals surface area (Å²) >= 11 is 0. The predicted molar refractivity (Wildman–Crippen MR) is 98.0 cm³/mol. The Bertz CT molecular complexity index is 363. The molecular weight excluding hydrogens is 340 g/mol. The normalized spacial score (nSPS) is 11.4. The number of carbonyl (C=O) groups is 2. The fourth-order valence-electron chi connectivity index (χ4n) is 1.95. The molecule has 0 aromatic rings. The van der Waals surface area contributed by atoms with Gasteiger partial charge in [0.2, 0.25) is 0 Å². The largest absolute Gasteiger partial charge is 0.463 e. The lowest BCUT2D eigenvalue weighted by Gasteiger charge is -2.19. The van der Waals surface area contributed by atoms with Gasteiger partial charge in [0.15, 0.2) is 0 Å². The monoisotopic (exact) mass is 376 g/mol. The van der Waals surface area contributed by atoms with Gasteiger partial charge >= 0.3 is 11.9 Å². The van der Waals surface area contributed by atoms with E-state index in [0.717, 1.165) is 25.7 Å². The van der Waals surface area contributed by atoms with Gasteiger partial charge in [-0.2, -0.15) is 0 Å². The number of hydrogen-bond donors (Lipinski definition) is 0. The first-order valence-electron chi connectivity index (χ1n) is 9.46. The van der Waals surface area contributed by atoms with E-state index in [1.54, 1.807) is 0 Å². The number of esters is 2. The third kappa shape index (κ3) is 19.1. The van der Waals surface area contributed by atoms with E-state index in [1.807, 2.05) is 20.8 Å². The molecule has 0 heterocycles. The van der Waals surface area contributed by atoms with Gasteiger partial charge in [-0.05, 0) is 27.2 Å². The average Bonchev–Trinajstić information content (AvgIpc) is 2.55. The molecule has 0 bridgehead atoms. The fraction of sp³-hybridized carbons (Fsp3) is 0.895. The van der Waals surface area contributed by atoms with Crippen LogP contribution in [-0.2, 0) is 33.3 Å². The summed E-state index contributed by atoms with van der Waals surface area (Å²) in [6, 6.07) is 0. The van der Waals surface area contributed by atoms with Gasteiger partial charge in [-0.25, -0.2) is 4.79 Å². The van der Waals surface area contributed by atoms with Gasteiger partial charge in [0, 0.05) is 6.42 Å². The van der Waals surface area contributed by atoms with E-state index in [1.165, 1.54) is 0 Å². The van der Waals surface area contributed by atoms with Crippen LogP contribution < -0.4 is 0 Å². The number of rotatable bonds is 16. The highest BCUT2D eigenvalue weighted by Gasteiger charge is 2.15. The minimum Gasteiger partial charge on any atom is -0.463 e. The van der Waals surface area contributed by atoms with E-state index in [9.17, 15) is 9.59 Å². The Balaban J connectivity index is 3.27. The molecule has 0 rings (SSSR count). The zero-order chi connectivity index (χ0) is 19.7. The minimum atomic E-state index is -0.502. The summed E-state index contributed by atoms with van der Waals surface area (Å²) in [5.74, 6) is -0.552. The molecule has 154 valence electrons. The first-order valence-corrected chi connectivity index (χ1v) is 9.46. The molecule has 0 aliphatic rings. The van der Waals surface area contributed by atoms with Crippen molar-refractivity contribution in [3.63, 3.8) is 0 Å². The second-order valence-electron chi connectivity index (χ2n) is 6.89. The fourth-order valence-corrected chi connectivity index (χ4v) is 1.95. The Hall–Kier alpha value is -1.18. The molecule has 0 N–H and O–H groups in total. The molecule has 0 aromatic carbocycles. The molecule has 0 fully saturated rings. The standard InChI is InChI=1S/C19H36O7/c1-5-6-7-8-9-17(20)25-15-14-23-11-10-22-12-13-24-16-18(21)26-19(2,3)4/h5-16H2,1-4H3. The Kier molecular flexibility index (Phi) is 15.3. The van der Waals surface area contributed by atoms with Crippen LogP contribution in [0, 0.1) is 0 Å². The van der Waals surface area contributed by atoms with Crippen molar-refractivity contribution in [1.82, 2.24) is 0 Å². The average molecular weight is 376 g/mol. The molecule has 0 saturated heterocycles. The lowest BCUT2D eigenvalue weighted by Crippen LogP contribution is -2.27. The van der Waals surface area contributed by atoms with Crippen molar-refractivity contribution in [2.24, 2.45) is 0 Å². The molecule has 0 saturated carbocycles. The van der Waals surface area contributed by atoms with Crippen molar-refractivity contribution in [2.75, 3.05) is 46.2 Å². The van der Waals surface area contributed by atoms with E-state index in [4.69, 9.17) is 23.7 Å².